The highest BCUT2D eigenvalue weighted by Gasteiger charge is 2.23. The van der Waals surface area contributed by atoms with Crippen molar-refractivity contribution in [1.29, 1.82) is 0 Å². The lowest BCUT2D eigenvalue weighted by atomic mass is 10.1. The third kappa shape index (κ3) is 3.23. The minimum absolute atomic E-state index is 0.0813. The maximum absolute atomic E-state index is 12.4. The largest absolute Gasteiger partial charge is 0.363 e. The Kier molecular flexibility index (Phi) is 4.37. The Morgan fingerprint density at radius 1 is 1.47 bits per heavy atom. The molecule has 0 spiro atoms. The highest BCUT2D eigenvalue weighted by molar-refractivity contribution is 5.94. The number of likely N-dealkylation sites (tertiary alicyclic amines) is 1. The predicted octanol–water partition coefficient (Wildman–Crippen LogP) is 0.972. The Morgan fingerprint density at radius 3 is 2.84 bits per heavy atom. The molecule has 2 heterocycles. The van der Waals surface area contributed by atoms with Crippen molar-refractivity contribution in [3.05, 3.63) is 23.9 Å². The normalized spacial score (nSPS) is 19.3. The van der Waals surface area contributed by atoms with Gasteiger partial charge in [-0.05, 0) is 32.0 Å². The molecule has 1 aliphatic heterocycles. The molecule has 1 aromatic heterocycles. The summed E-state index contributed by atoms with van der Waals surface area (Å²) in [5.41, 5.74) is 0.669. The van der Waals surface area contributed by atoms with Gasteiger partial charge in [-0.1, -0.05) is 0 Å². The third-order valence-electron chi connectivity index (χ3n) is 3.57. The smallest absolute Gasteiger partial charge is 0.255 e. The summed E-state index contributed by atoms with van der Waals surface area (Å²) in [5.74, 6) is 0.945. The van der Waals surface area contributed by atoms with Crippen LogP contribution in [0.5, 0.6) is 0 Å². The van der Waals surface area contributed by atoms with Gasteiger partial charge >= 0.3 is 0 Å². The van der Waals surface area contributed by atoms with E-state index in [2.05, 4.69) is 10.3 Å². The number of nitrogens with one attached hydrogen (secondary N) is 1. The Morgan fingerprint density at radius 2 is 2.26 bits per heavy atom. The van der Waals surface area contributed by atoms with Gasteiger partial charge in [0.05, 0.1) is 5.56 Å². The van der Waals surface area contributed by atoms with Crippen LogP contribution in [0.25, 0.3) is 0 Å². The molecule has 2 rings (SSSR count). The molecule has 0 bridgehead atoms. The van der Waals surface area contributed by atoms with E-state index < -0.39 is 0 Å². The van der Waals surface area contributed by atoms with Gasteiger partial charge in [0.2, 0.25) is 0 Å². The van der Waals surface area contributed by atoms with Crippen molar-refractivity contribution >= 4 is 11.7 Å². The van der Waals surface area contributed by atoms with Crippen LogP contribution in [0.1, 0.15) is 23.2 Å². The van der Waals surface area contributed by atoms with Crippen LogP contribution in [-0.4, -0.2) is 56.1 Å². The van der Waals surface area contributed by atoms with Gasteiger partial charge < -0.3 is 15.1 Å². The molecule has 0 radical (unpaired) electrons. The van der Waals surface area contributed by atoms with Crippen LogP contribution >= 0.6 is 0 Å². The molecule has 0 unspecified atom stereocenters. The summed E-state index contributed by atoms with van der Waals surface area (Å²) in [6.45, 7) is 1.62. The lowest BCUT2D eigenvalue weighted by molar-refractivity contribution is 0.0698. The molecule has 19 heavy (non-hydrogen) atoms. The second-order valence-corrected chi connectivity index (χ2v) is 5.18. The maximum atomic E-state index is 12.4. The number of piperidine rings is 1. The molecular formula is C14H22N4O. The Balaban J connectivity index is 2.06. The first kappa shape index (κ1) is 13.8. The Labute approximate surface area is 114 Å². The van der Waals surface area contributed by atoms with E-state index in [0.717, 1.165) is 31.7 Å². The summed E-state index contributed by atoms with van der Waals surface area (Å²) in [7, 11) is 5.82. The zero-order chi connectivity index (χ0) is 13.8. The van der Waals surface area contributed by atoms with Crippen LogP contribution in [0.3, 0.4) is 0 Å². The molecule has 1 atom stereocenters. The summed E-state index contributed by atoms with van der Waals surface area (Å²) >= 11 is 0. The van der Waals surface area contributed by atoms with Crippen LogP contribution < -0.4 is 10.2 Å². The van der Waals surface area contributed by atoms with Gasteiger partial charge in [0.15, 0.2) is 0 Å². The molecule has 1 saturated heterocycles. The fraction of sp³-hybridized carbons (Fsp3) is 0.571. The molecular weight excluding hydrogens is 240 g/mol. The van der Waals surface area contributed by atoms with Crippen LogP contribution in [0.15, 0.2) is 18.3 Å². The SMILES string of the molecule is CN[C@@H]1CCCN(C(=O)c2ccc(N(C)C)nc2)C1. The number of aromatic nitrogens is 1. The van der Waals surface area contributed by atoms with Crippen LogP contribution in [0, 0.1) is 0 Å². The van der Waals surface area contributed by atoms with E-state index >= 15 is 0 Å². The zero-order valence-electron chi connectivity index (χ0n) is 11.9. The van der Waals surface area contributed by atoms with E-state index in [1.807, 2.05) is 43.1 Å². The first-order valence-corrected chi connectivity index (χ1v) is 6.71. The number of pyridine rings is 1. The van der Waals surface area contributed by atoms with E-state index in [9.17, 15) is 4.79 Å². The second kappa shape index (κ2) is 6.02. The van der Waals surface area contributed by atoms with Crippen LogP contribution in [0.4, 0.5) is 5.82 Å². The first-order valence-electron chi connectivity index (χ1n) is 6.71. The second-order valence-electron chi connectivity index (χ2n) is 5.18. The fourth-order valence-corrected chi connectivity index (χ4v) is 2.36. The number of rotatable bonds is 3. The standard InChI is InChI=1S/C14H22N4O/c1-15-12-5-4-8-18(10-12)14(19)11-6-7-13(16-9-11)17(2)3/h6-7,9,12,15H,4-5,8,10H2,1-3H3/t12-/m1/s1. The minimum Gasteiger partial charge on any atom is -0.363 e. The summed E-state index contributed by atoms with van der Waals surface area (Å²) in [6.07, 6.45) is 3.86. The molecule has 1 aromatic rings. The van der Waals surface area contributed by atoms with Crippen LogP contribution in [-0.2, 0) is 0 Å². The Hall–Kier alpha value is -1.62. The van der Waals surface area contributed by atoms with Crippen molar-refractivity contribution in [1.82, 2.24) is 15.2 Å². The molecule has 0 aromatic carbocycles. The highest BCUT2D eigenvalue weighted by Crippen LogP contribution is 2.15. The molecule has 5 heteroatoms. The topological polar surface area (TPSA) is 48.5 Å². The van der Waals surface area contributed by atoms with Gasteiger partial charge in [0.25, 0.3) is 5.91 Å². The predicted molar refractivity (Wildman–Crippen MR) is 76.5 cm³/mol. The number of hydrogen-bond acceptors (Lipinski definition) is 4. The van der Waals surface area contributed by atoms with Crippen LogP contribution in [0.2, 0.25) is 0 Å². The highest BCUT2D eigenvalue weighted by atomic mass is 16.2. The molecule has 104 valence electrons. The van der Waals surface area contributed by atoms with Gasteiger partial charge in [-0.2, -0.15) is 0 Å². The Bertz CT molecular complexity index is 430. The monoisotopic (exact) mass is 262 g/mol. The van der Waals surface area contributed by atoms with Crippen molar-refractivity contribution in [2.45, 2.75) is 18.9 Å². The van der Waals surface area contributed by atoms with Gasteiger partial charge in [-0.15, -0.1) is 0 Å². The molecule has 0 saturated carbocycles. The molecule has 1 N–H and O–H groups in total. The molecule has 1 aliphatic rings. The molecule has 1 amide bonds. The number of amides is 1. The molecule has 0 aliphatic carbocycles. The number of nitrogens with zero attached hydrogens (tertiary/aromatic N) is 3. The lowest BCUT2D eigenvalue weighted by Gasteiger charge is -2.32. The summed E-state index contributed by atoms with van der Waals surface area (Å²) < 4.78 is 0. The average Bonchev–Trinajstić information content (AvgIpc) is 2.46. The van der Waals surface area contributed by atoms with E-state index in [1.54, 1.807) is 6.20 Å². The quantitative estimate of drug-likeness (QED) is 0.882. The van der Waals surface area contributed by atoms with Gasteiger partial charge in [0, 0.05) is 39.4 Å². The summed E-state index contributed by atoms with van der Waals surface area (Å²) in [4.78, 5) is 20.5. The number of anilines is 1. The minimum atomic E-state index is 0.0813. The van der Waals surface area contributed by atoms with Crippen molar-refractivity contribution in [2.75, 3.05) is 39.1 Å². The molecule has 1 fully saturated rings. The molecule has 5 nitrogen and oxygen atoms in total. The van der Waals surface area contributed by atoms with E-state index in [4.69, 9.17) is 0 Å². The zero-order valence-corrected chi connectivity index (χ0v) is 11.9. The van der Waals surface area contributed by atoms with E-state index in [1.165, 1.54) is 0 Å². The summed E-state index contributed by atoms with van der Waals surface area (Å²) in [5, 5.41) is 3.25. The first-order chi connectivity index (χ1) is 9.11. The van der Waals surface area contributed by atoms with Gasteiger partial charge in [-0.25, -0.2) is 4.98 Å². The number of likely N-dealkylation sites (N-methyl/N-ethyl adjacent to an activating group) is 1. The average molecular weight is 262 g/mol. The van der Waals surface area contributed by atoms with Gasteiger partial charge in [0.1, 0.15) is 5.82 Å². The van der Waals surface area contributed by atoms with Crippen molar-refractivity contribution in [3.63, 3.8) is 0 Å². The lowest BCUT2D eigenvalue weighted by Crippen LogP contribution is -2.46. The third-order valence-corrected chi connectivity index (χ3v) is 3.57. The van der Waals surface area contributed by atoms with Crippen molar-refractivity contribution in [3.8, 4) is 0 Å². The van der Waals surface area contributed by atoms with Gasteiger partial charge in [-0.3, -0.25) is 4.79 Å². The van der Waals surface area contributed by atoms with E-state index in [-0.39, 0.29) is 5.91 Å². The summed E-state index contributed by atoms with van der Waals surface area (Å²) in [6, 6.07) is 4.15. The van der Waals surface area contributed by atoms with Crippen molar-refractivity contribution < 1.29 is 4.79 Å². The number of carbonyl (C=O) groups is 1. The van der Waals surface area contributed by atoms with E-state index in [0.29, 0.717) is 11.6 Å². The number of hydrogen-bond donors (Lipinski definition) is 1. The fourth-order valence-electron chi connectivity index (χ4n) is 2.36. The maximum Gasteiger partial charge on any atom is 0.255 e. The van der Waals surface area contributed by atoms with Crippen molar-refractivity contribution in [2.24, 2.45) is 0 Å². The number of carbonyl (C=O) groups excluding carboxylic acids is 1.